The first kappa shape index (κ1) is 19.0. The summed E-state index contributed by atoms with van der Waals surface area (Å²) < 4.78 is 0. The van der Waals surface area contributed by atoms with Crippen LogP contribution in [0, 0.1) is 6.92 Å². The van der Waals surface area contributed by atoms with Gasteiger partial charge < -0.3 is 5.11 Å². The van der Waals surface area contributed by atoms with Crippen LogP contribution >= 0.6 is 0 Å². The van der Waals surface area contributed by atoms with Crippen molar-refractivity contribution in [1.29, 1.82) is 0 Å². The number of benzene rings is 2. The van der Waals surface area contributed by atoms with Crippen molar-refractivity contribution in [1.82, 2.24) is 15.4 Å². The first-order chi connectivity index (χ1) is 11.5. The zero-order chi connectivity index (χ0) is 18.8. The van der Waals surface area contributed by atoms with Crippen molar-refractivity contribution in [2.45, 2.75) is 59.3 Å². The number of nitrogens with one attached hydrogen (secondary N) is 1. The number of hydrogen-bond acceptors (Lipinski definition) is 3. The van der Waals surface area contributed by atoms with Gasteiger partial charge in [-0.25, -0.2) is 0 Å². The summed E-state index contributed by atoms with van der Waals surface area (Å²) in [6.45, 7) is 15.2. The molecule has 0 amide bonds. The van der Waals surface area contributed by atoms with Crippen LogP contribution in [0.5, 0.6) is 5.75 Å². The number of phenols is 1. The predicted molar refractivity (Wildman–Crippen MR) is 104 cm³/mol. The molecule has 2 aromatic carbocycles. The second-order valence-electron chi connectivity index (χ2n) is 8.46. The standard InChI is InChI=1S/C15H24O.C6H5N3/c1-10-8-9-11(16)13(15(5,6)7)12(10)14(2,3)4;1-2-4-6-5(3-1)7-9-8-6/h8-9,16H,1-7H3;1-4H,(H,7,8,9). The Labute approximate surface area is 150 Å². The van der Waals surface area contributed by atoms with Gasteiger partial charge in [-0.15, -0.1) is 0 Å². The number of aryl methyl sites for hydroxylation is 1. The molecule has 0 saturated carbocycles. The molecule has 0 unspecified atom stereocenters. The van der Waals surface area contributed by atoms with Crippen LogP contribution in [0.25, 0.3) is 11.0 Å². The van der Waals surface area contributed by atoms with Crippen molar-refractivity contribution in [2.24, 2.45) is 0 Å². The molecular formula is C21H29N3O. The van der Waals surface area contributed by atoms with E-state index in [2.05, 4.69) is 63.9 Å². The van der Waals surface area contributed by atoms with Gasteiger partial charge in [0.25, 0.3) is 0 Å². The summed E-state index contributed by atoms with van der Waals surface area (Å²) in [5.41, 5.74) is 5.48. The van der Waals surface area contributed by atoms with Gasteiger partial charge in [-0.05, 0) is 47.1 Å². The molecule has 3 aromatic rings. The van der Waals surface area contributed by atoms with Crippen LogP contribution in [-0.4, -0.2) is 20.5 Å². The summed E-state index contributed by atoms with van der Waals surface area (Å²) in [7, 11) is 0. The van der Waals surface area contributed by atoms with Crippen molar-refractivity contribution >= 4 is 11.0 Å². The second-order valence-corrected chi connectivity index (χ2v) is 8.46. The van der Waals surface area contributed by atoms with E-state index in [9.17, 15) is 5.11 Å². The average Bonchev–Trinajstić information content (AvgIpc) is 2.96. The Morgan fingerprint density at radius 3 is 1.64 bits per heavy atom. The maximum Gasteiger partial charge on any atom is 0.119 e. The topological polar surface area (TPSA) is 61.8 Å². The number of para-hydroxylation sites is 2. The van der Waals surface area contributed by atoms with Gasteiger partial charge >= 0.3 is 0 Å². The van der Waals surface area contributed by atoms with Gasteiger partial charge in [0, 0.05) is 5.56 Å². The molecule has 1 heterocycles. The summed E-state index contributed by atoms with van der Waals surface area (Å²) in [5.74, 6) is 0.419. The van der Waals surface area contributed by atoms with Crippen molar-refractivity contribution in [3.05, 3.63) is 53.1 Å². The largest absolute Gasteiger partial charge is 0.508 e. The van der Waals surface area contributed by atoms with Crippen molar-refractivity contribution in [3.63, 3.8) is 0 Å². The Kier molecular flexibility index (Phi) is 5.21. The summed E-state index contributed by atoms with van der Waals surface area (Å²) in [4.78, 5) is 0. The fraction of sp³-hybridized carbons (Fsp3) is 0.429. The van der Waals surface area contributed by atoms with Gasteiger partial charge in [0.2, 0.25) is 0 Å². The fourth-order valence-corrected chi connectivity index (χ4v) is 3.21. The Hall–Kier alpha value is -2.36. The minimum absolute atomic E-state index is 0.0291. The van der Waals surface area contributed by atoms with Gasteiger partial charge in [-0.3, -0.25) is 0 Å². The quantitative estimate of drug-likeness (QED) is 0.588. The monoisotopic (exact) mass is 339 g/mol. The minimum Gasteiger partial charge on any atom is -0.508 e. The molecule has 134 valence electrons. The summed E-state index contributed by atoms with van der Waals surface area (Å²) in [5, 5.41) is 20.4. The number of hydrogen-bond donors (Lipinski definition) is 2. The Morgan fingerprint density at radius 2 is 1.24 bits per heavy atom. The van der Waals surface area contributed by atoms with E-state index in [1.54, 1.807) is 0 Å². The van der Waals surface area contributed by atoms with Crippen LogP contribution in [0.4, 0.5) is 0 Å². The lowest BCUT2D eigenvalue weighted by Crippen LogP contribution is -2.23. The third-order valence-corrected chi connectivity index (χ3v) is 4.11. The van der Waals surface area contributed by atoms with E-state index in [1.165, 1.54) is 11.1 Å². The molecule has 0 aliphatic carbocycles. The van der Waals surface area contributed by atoms with Crippen molar-refractivity contribution < 1.29 is 5.11 Å². The zero-order valence-corrected chi connectivity index (χ0v) is 16.3. The Morgan fingerprint density at radius 1 is 0.760 bits per heavy atom. The van der Waals surface area contributed by atoms with Gasteiger partial charge in [0.05, 0.1) is 0 Å². The molecule has 0 fully saturated rings. The van der Waals surface area contributed by atoms with E-state index in [-0.39, 0.29) is 10.8 Å². The number of nitrogens with zero attached hydrogens (tertiary/aromatic N) is 2. The highest BCUT2D eigenvalue weighted by molar-refractivity contribution is 5.72. The molecule has 0 saturated heterocycles. The van der Waals surface area contributed by atoms with E-state index in [4.69, 9.17) is 0 Å². The molecule has 4 nitrogen and oxygen atoms in total. The summed E-state index contributed by atoms with van der Waals surface area (Å²) in [6, 6.07) is 11.5. The lowest BCUT2D eigenvalue weighted by molar-refractivity contribution is 0.434. The van der Waals surface area contributed by atoms with E-state index in [0.717, 1.165) is 16.6 Å². The van der Waals surface area contributed by atoms with E-state index >= 15 is 0 Å². The summed E-state index contributed by atoms with van der Waals surface area (Å²) in [6.07, 6.45) is 0. The van der Waals surface area contributed by atoms with Crippen LogP contribution in [0.2, 0.25) is 0 Å². The zero-order valence-electron chi connectivity index (χ0n) is 16.3. The first-order valence-electron chi connectivity index (χ1n) is 8.61. The van der Waals surface area contributed by atoms with Crippen molar-refractivity contribution in [3.8, 4) is 5.75 Å². The SMILES string of the molecule is Cc1ccc(O)c(C(C)(C)C)c1C(C)(C)C.c1ccc2n[nH]nc2c1. The third-order valence-electron chi connectivity index (χ3n) is 4.11. The molecule has 2 N–H and O–H groups in total. The van der Waals surface area contributed by atoms with Crippen LogP contribution in [0.15, 0.2) is 36.4 Å². The Balaban J connectivity index is 0.000000208. The highest BCUT2D eigenvalue weighted by Gasteiger charge is 2.29. The van der Waals surface area contributed by atoms with Gasteiger partial charge in [-0.1, -0.05) is 59.7 Å². The van der Waals surface area contributed by atoms with Crippen molar-refractivity contribution in [2.75, 3.05) is 0 Å². The molecule has 0 spiro atoms. The highest BCUT2D eigenvalue weighted by Crippen LogP contribution is 2.40. The molecule has 0 aliphatic rings. The normalized spacial score (nSPS) is 12.0. The lowest BCUT2D eigenvalue weighted by Gasteiger charge is -2.32. The predicted octanol–water partition coefficient (Wildman–Crippen LogP) is 5.25. The summed E-state index contributed by atoms with van der Waals surface area (Å²) >= 11 is 0. The second kappa shape index (κ2) is 6.87. The maximum absolute atomic E-state index is 10.1. The van der Waals surface area contributed by atoms with Crippen LogP contribution in [0.1, 0.15) is 58.2 Å². The van der Waals surface area contributed by atoms with Crippen LogP contribution < -0.4 is 0 Å². The molecule has 1 aromatic heterocycles. The van der Waals surface area contributed by atoms with Gasteiger partial charge in [0.1, 0.15) is 16.8 Å². The minimum atomic E-state index is -0.0291. The molecule has 0 aliphatic heterocycles. The van der Waals surface area contributed by atoms with E-state index in [0.29, 0.717) is 5.75 Å². The fourth-order valence-electron chi connectivity index (χ4n) is 3.21. The molecule has 25 heavy (non-hydrogen) atoms. The van der Waals surface area contributed by atoms with Gasteiger partial charge in [-0.2, -0.15) is 15.4 Å². The molecule has 0 bridgehead atoms. The third kappa shape index (κ3) is 4.38. The molecule has 3 rings (SSSR count). The molecule has 0 atom stereocenters. The Bertz CT molecular complexity index is 782. The van der Waals surface area contributed by atoms with Crippen LogP contribution in [-0.2, 0) is 10.8 Å². The number of aromatic hydroxyl groups is 1. The lowest BCUT2D eigenvalue weighted by atomic mass is 9.73. The smallest absolute Gasteiger partial charge is 0.119 e. The van der Waals surface area contributed by atoms with Crippen LogP contribution in [0.3, 0.4) is 0 Å². The maximum atomic E-state index is 10.1. The average molecular weight is 339 g/mol. The first-order valence-corrected chi connectivity index (χ1v) is 8.61. The molecular weight excluding hydrogens is 310 g/mol. The number of H-pyrrole nitrogens is 1. The number of aromatic amines is 1. The molecule has 4 heteroatoms. The number of aromatic nitrogens is 3. The molecule has 0 radical (unpaired) electrons. The highest BCUT2D eigenvalue weighted by atomic mass is 16.3. The number of fused-ring (bicyclic) bond motifs is 1. The number of rotatable bonds is 0. The number of phenolic OH excluding ortho intramolecular Hbond substituents is 1. The van der Waals surface area contributed by atoms with E-state index in [1.807, 2.05) is 36.4 Å². The van der Waals surface area contributed by atoms with Gasteiger partial charge in [0.15, 0.2) is 0 Å². The van der Waals surface area contributed by atoms with E-state index < -0.39 is 0 Å².